The molecule has 3 aromatic rings. The Morgan fingerprint density at radius 1 is 0.900 bits per heavy atom. The fourth-order valence-corrected chi connectivity index (χ4v) is 4.14. The van der Waals surface area contributed by atoms with E-state index in [2.05, 4.69) is 5.32 Å². The van der Waals surface area contributed by atoms with E-state index in [0.717, 1.165) is 5.56 Å². The topological polar surface area (TPSA) is 103 Å². The molecule has 1 N–H and O–H groups in total. The molecule has 3 amide bonds. The molecule has 3 rings (SSSR count). The van der Waals surface area contributed by atoms with Crippen molar-refractivity contribution in [3.63, 3.8) is 0 Å². The minimum atomic E-state index is -0.394. The molecule has 216 valence electrons. The molecule has 0 atom stereocenters. The maximum absolute atomic E-state index is 13.6. The maximum atomic E-state index is 13.6. The third-order valence-electron chi connectivity index (χ3n) is 6.22. The number of anilines is 1. The summed E-state index contributed by atoms with van der Waals surface area (Å²) in [6.07, 6.45) is 2.73. The van der Waals surface area contributed by atoms with Crippen LogP contribution >= 0.6 is 0 Å². The number of carbonyl (C=O) groups is 2. The number of hydrogen-bond acceptors (Lipinski definition) is 7. The molecule has 10 nitrogen and oxygen atoms in total. The Bertz CT molecular complexity index is 1200. The molecule has 0 saturated carbocycles. The van der Waals surface area contributed by atoms with Gasteiger partial charge in [0, 0.05) is 26.8 Å². The molecule has 0 radical (unpaired) electrons. The zero-order valence-electron chi connectivity index (χ0n) is 23.7. The van der Waals surface area contributed by atoms with E-state index in [-0.39, 0.29) is 19.0 Å². The monoisotopic (exact) mass is 553 g/mol. The van der Waals surface area contributed by atoms with Crippen LogP contribution in [0.25, 0.3) is 0 Å². The number of amides is 3. The van der Waals surface area contributed by atoms with Crippen LogP contribution in [0.4, 0.5) is 10.5 Å². The van der Waals surface area contributed by atoms with Crippen LogP contribution in [0.3, 0.4) is 0 Å². The Hall–Kier alpha value is -4.18. The van der Waals surface area contributed by atoms with Gasteiger partial charge >= 0.3 is 6.03 Å². The maximum Gasteiger partial charge on any atom is 0.322 e. The molecule has 0 spiro atoms. The molecular weight excluding hydrogens is 514 g/mol. The lowest BCUT2D eigenvalue weighted by atomic mass is 10.1. The first-order chi connectivity index (χ1) is 19.5. The number of benzene rings is 2. The third-order valence-corrected chi connectivity index (χ3v) is 6.22. The van der Waals surface area contributed by atoms with E-state index in [0.29, 0.717) is 67.8 Å². The van der Waals surface area contributed by atoms with Crippen molar-refractivity contribution in [3.8, 4) is 17.2 Å². The van der Waals surface area contributed by atoms with E-state index in [1.807, 2.05) is 43.3 Å². The highest BCUT2D eigenvalue weighted by Gasteiger charge is 2.23. The second kappa shape index (κ2) is 16.0. The summed E-state index contributed by atoms with van der Waals surface area (Å²) in [4.78, 5) is 30.2. The Labute approximate surface area is 235 Å². The van der Waals surface area contributed by atoms with Crippen molar-refractivity contribution >= 4 is 17.6 Å². The summed E-state index contributed by atoms with van der Waals surface area (Å²) in [6, 6.07) is 16.1. The zero-order valence-corrected chi connectivity index (χ0v) is 23.7. The van der Waals surface area contributed by atoms with Gasteiger partial charge in [-0.05, 0) is 61.7 Å². The van der Waals surface area contributed by atoms with Crippen molar-refractivity contribution in [2.45, 2.75) is 26.3 Å². The number of para-hydroxylation sites is 2. The Balaban J connectivity index is 1.76. The van der Waals surface area contributed by atoms with Gasteiger partial charge in [-0.15, -0.1) is 0 Å². The summed E-state index contributed by atoms with van der Waals surface area (Å²) in [7, 11) is 4.78. The van der Waals surface area contributed by atoms with Crippen LogP contribution in [-0.2, 0) is 22.5 Å². The smallest absolute Gasteiger partial charge is 0.322 e. The number of carbonyl (C=O) groups excluding carboxylic acids is 2. The number of urea groups is 1. The van der Waals surface area contributed by atoms with Gasteiger partial charge in [0.15, 0.2) is 11.5 Å². The van der Waals surface area contributed by atoms with Crippen molar-refractivity contribution in [2.75, 3.05) is 59.5 Å². The molecule has 1 aromatic heterocycles. The Morgan fingerprint density at radius 2 is 1.70 bits per heavy atom. The van der Waals surface area contributed by atoms with Gasteiger partial charge in [0.1, 0.15) is 18.1 Å². The molecule has 10 heteroatoms. The predicted molar refractivity (Wildman–Crippen MR) is 152 cm³/mol. The molecule has 0 unspecified atom stereocenters. The molecule has 0 aliphatic rings. The van der Waals surface area contributed by atoms with E-state index < -0.39 is 6.03 Å². The summed E-state index contributed by atoms with van der Waals surface area (Å²) >= 11 is 0. The number of nitrogens with zero attached hydrogens (tertiary/aromatic N) is 2. The van der Waals surface area contributed by atoms with Gasteiger partial charge in [-0.3, -0.25) is 4.79 Å². The van der Waals surface area contributed by atoms with Gasteiger partial charge in [-0.2, -0.15) is 0 Å². The van der Waals surface area contributed by atoms with Crippen molar-refractivity contribution < 1.29 is 33.0 Å². The van der Waals surface area contributed by atoms with Crippen LogP contribution in [-0.4, -0.2) is 75.9 Å². The molecule has 2 aromatic carbocycles. The summed E-state index contributed by atoms with van der Waals surface area (Å²) in [5.74, 6) is 2.27. The molecular formula is C30H39N3O7. The van der Waals surface area contributed by atoms with Crippen LogP contribution in [0.1, 0.15) is 24.7 Å². The van der Waals surface area contributed by atoms with Crippen molar-refractivity contribution in [3.05, 3.63) is 72.2 Å². The van der Waals surface area contributed by atoms with E-state index in [1.54, 1.807) is 50.7 Å². The van der Waals surface area contributed by atoms with Crippen LogP contribution in [0.5, 0.6) is 17.2 Å². The number of rotatable bonds is 16. The third kappa shape index (κ3) is 8.94. The van der Waals surface area contributed by atoms with Gasteiger partial charge in [0.25, 0.3) is 0 Å². The number of nitrogens with one attached hydrogen (secondary N) is 1. The molecule has 0 bridgehead atoms. The van der Waals surface area contributed by atoms with Crippen LogP contribution in [0.15, 0.2) is 65.3 Å². The average molecular weight is 554 g/mol. The molecule has 40 heavy (non-hydrogen) atoms. The molecule has 0 saturated heterocycles. The number of methoxy groups -OCH3 is 3. The number of furan rings is 1. The van der Waals surface area contributed by atoms with E-state index in [1.165, 1.54) is 4.90 Å². The molecule has 0 aliphatic carbocycles. The van der Waals surface area contributed by atoms with Crippen LogP contribution in [0.2, 0.25) is 0 Å². The van der Waals surface area contributed by atoms with Crippen LogP contribution in [0, 0.1) is 0 Å². The SMILES string of the molecule is CCOc1ccccc1NC(=O)N(CCCOC)CC(=O)N(CCc1ccc(OC)c(OC)c1)Cc1ccco1. The first-order valence-electron chi connectivity index (χ1n) is 13.3. The zero-order chi connectivity index (χ0) is 28.7. The van der Waals surface area contributed by atoms with Crippen LogP contribution < -0.4 is 19.5 Å². The second-order valence-corrected chi connectivity index (χ2v) is 8.96. The highest BCUT2D eigenvalue weighted by atomic mass is 16.5. The van der Waals surface area contributed by atoms with Gasteiger partial charge in [-0.25, -0.2) is 4.79 Å². The lowest BCUT2D eigenvalue weighted by Crippen LogP contribution is -2.45. The van der Waals surface area contributed by atoms with E-state index >= 15 is 0 Å². The summed E-state index contributed by atoms with van der Waals surface area (Å²) in [5.41, 5.74) is 1.52. The molecule has 0 aliphatic heterocycles. The van der Waals surface area contributed by atoms with E-state index in [4.69, 9.17) is 23.4 Å². The minimum absolute atomic E-state index is 0.112. The standard InChI is InChI=1S/C30H39N3O7/c1-5-39-26-12-7-6-11-25(26)31-30(35)33(16-9-18-36-2)22-29(34)32(21-24-10-8-19-40-24)17-15-23-13-14-27(37-3)28(20-23)38-4/h6-8,10-14,19-20H,5,9,15-18,21-22H2,1-4H3,(H,31,35). The lowest BCUT2D eigenvalue weighted by Gasteiger charge is -2.28. The van der Waals surface area contributed by atoms with Gasteiger partial charge in [-0.1, -0.05) is 18.2 Å². The van der Waals surface area contributed by atoms with Crippen molar-refractivity contribution in [1.29, 1.82) is 0 Å². The highest BCUT2D eigenvalue weighted by Crippen LogP contribution is 2.28. The van der Waals surface area contributed by atoms with Crippen molar-refractivity contribution in [1.82, 2.24) is 9.80 Å². The Morgan fingerprint density at radius 3 is 2.40 bits per heavy atom. The second-order valence-electron chi connectivity index (χ2n) is 8.96. The molecule has 0 fully saturated rings. The number of ether oxygens (including phenoxy) is 4. The first kappa shape index (κ1) is 30.4. The minimum Gasteiger partial charge on any atom is -0.493 e. The fourth-order valence-electron chi connectivity index (χ4n) is 4.14. The Kier molecular flexibility index (Phi) is 12.2. The van der Waals surface area contributed by atoms with Gasteiger partial charge in [0.05, 0.1) is 39.3 Å². The predicted octanol–water partition coefficient (Wildman–Crippen LogP) is 4.84. The van der Waals surface area contributed by atoms with Crippen molar-refractivity contribution in [2.24, 2.45) is 0 Å². The quantitative estimate of drug-likeness (QED) is 0.253. The summed E-state index contributed by atoms with van der Waals surface area (Å²) in [6.45, 7) is 3.72. The average Bonchev–Trinajstić information content (AvgIpc) is 3.49. The molecule has 1 heterocycles. The normalized spacial score (nSPS) is 10.6. The largest absolute Gasteiger partial charge is 0.493 e. The van der Waals surface area contributed by atoms with Gasteiger partial charge in [0.2, 0.25) is 5.91 Å². The lowest BCUT2D eigenvalue weighted by molar-refractivity contribution is -0.132. The van der Waals surface area contributed by atoms with Gasteiger partial charge < -0.3 is 38.5 Å². The number of hydrogen-bond donors (Lipinski definition) is 1. The fraction of sp³-hybridized carbons (Fsp3) is 0.400. The first-order valence-corrected chi connectivity index (χ1v) is 13.3. The van der Waals surface area contributed by atoms with E-state index in [9.17, 15) is 9.59 Å². The highest BCUT2D eigenvalue weighted by molar-refractivity contribution is 5.93. The summed E-state index contributed by atoms with van der Waals surface area (Å²) < 4.78 is 27.1. The summed E-state index contributed by atoms with van der Waals surface area (Å²) in [5, 5.41) is 2.90.